The molecule has 1 atom stereocenters. The van der Waals surface area contributed by atoms with Crippen molar-refractivity contribution in [2.75, 3.05) is 19.7 Å². The van der Waals surface area contributed by atoms with Gasteiger partial charge in [0.1, 0.15) is 11.5 Å². The van der Waals surface area contributed by atoms with Crippen molar-refractivity contribution < 1.29 is 23.0 Å². The molecule has 226 valence electrons. The van der Waals surface area contributed by atoms with Crippen LogP contribution in [0.2, 0.25) is 0 Å². The number of amides is 1. The predicted octanol–water partition coefficient (Wildman–Crippen LogP) is 7.05. The number of alkyl halides is 2. The average Bonchev–Trinajstić information content (AvgIpc) is 3.51. The second-order valence-electron chi connectivity index (χ2n) is 11.4. The van der Waals surface area contributed by atoms with Gasteiger partial charge >= 0.3 is 0 Å². The third-order valence-electron chi connectivity index (χ3n) is 8.15. The lowest BCUT2D eigenvalue weighted by Crippen LogP contribution is -2.55. The number of ether oxygens (including phenoxy) is 2. The van der Waals surface area contributed by atoms with Gasteiger partial charge in [-0.25, -0.2) is 4.72 Å². The highest BCUT2D eigenvalue weighted by Gasteiger charge is 2.48. The van der Waals surface area contributed by atoms with Crippen molar-refractivity contribution in [1.29, 1.82) is 0 Å². The van der Waals surface area contributed by atoms with Crippen LogP contribution < -0.4 is 19.9 Å². The summed E-state index contributed by atoms with van der Waals surface area (Å²) >= 11 is 1.05. The van der Waals surface area contributed by atoms with Gasteiger partial charge in [0.05, 0.1) is 12.7 Å². The van der Waals surface area contributed by atoms with Crippen molar-refractivity contribution in [2.24, 2.45) is 5.73 Å². The zero-order chi connectivity index (χ0) is 29.5. The Balaban J connectivity index is 1.32. The summed E-state index contributed by atoms with van der Waals surface area (Å²) in [4.78, 5) is 15.8. The molecule has 1 saturated heterocycles. The van der Waals surface area contributed by atoms with E-state index in [2.05, 4.69) is 11.6 Å². The second-order valence-corrected chi connectivity index (χ2v) is 12.3. The van der Waals surface area contributed by atoms with E-state index < -0.39 is 17.9 Å². The maximum atomic E-state index is 16.1. The smallest absolute Gasteiger partial charge is 0.298 e. The molecule has 3 aromatic carbocycles. The number of hydrogen-bond donors (Lipinski definition) is 2. The zero-order valence-electron chi connectivity index (χ0n) is 24.2. The topological polar surface area (TPSA) is 76.8 Å². The largest absolute Gasteiger partial charge is 0.494 e. The first kappa shape index (κ1) is 30.6. The summed E-state index contributed by atoms with van der Waals surface area (Å²) in [6, 6.07) is 15.7. The second kappa shape index (κ2) is 14.1. The molecule has 2 aliphatic rings. The molecule has 2 fully saturated rings. The van der Waals surface area contributed by atoms with Crippen LogP contribution in [-0.2, 0) is 10.7 Å². The van der Waals surface area contributed by atoms with Gasteiger partial charge in [-0.1, -0.05) is 25.5 Å². The Hall–Kier alpha value is -2.88. The Morgan fingerprint density at radius 3 is 2.38 bits per heavy atom. The van der Waals surface area contributed by atoms with Gasteiger partial charge in [-0.3, -0.25) is 4.79 Å². The number of piperidine rings is 1. The highest BCUT2D eigenvalue weighted by molar-refractivity contribution is 7.97. The Bertz CT molecular complexity index is 1330. The number of carbonyl (C=O) groups excluding carboxylic acids is 1. The normalized spacial score (nSPS) is 17.5. The highest BCUT2D eigenvalue weighted by Crippen LogP contribution is 2.36. The van der Waals surface area contributed by atoms with Crippen LogP contribution in [0.5, 0.6) is 11.5 Å². The van der Waals surface area contributed by atoms with Gasteiger partial charge < -0.3 is 20.1 Å². The molecule has 9 heteroatoms. The number of carbonyl (C=O) groups is 1. The summed E-state index contributed by atoms with van der Waals surface area (Å²) in [5.41, 5.74) is 5.77. The molecule has 0 bridgehead atoms. The molecule has 3 aromatic rings. The minimum absolute atomic E-state index is 0.0164. The number of nitrogens with one attached hydrogen (secondary N) is 1. The molecule has 42 heavy (non-hydrogen) atoms. The average molecular weight is 598 g/mol. The first-order chi connectivity index (χ1) is 20.3. The van der Waals surface area contributed by atoms with Crippen LogP contribution in [0.25, 0.3) is 10.8 Å². The quantitative estimate of drug-likeness (QED) is 0.172. The zero-order valence-corrected chi connectivity index (χ0v) is 25.0. The number of benzene rings is 3. The number of hydrogen-bond acceptors (Lipinski definition) is 6. The number of fused-ring (bicyclic) bond motifs is 1. The third kappa shape index (κ3) is 7.54. The van der Waals surface area contributed by atoms with Gasteiger partial charge in [0.15, 0.2) is 6.04 Å². The van der Waals surface area contributed by atoms with Crippen LogP contribution in [0.15, 0.2) is 65.6 Å². The highest BCUT2D eigenvalue weighted by atomic mass is 32.2. The van der Waals surface area contributed by atoms with E-state index in [0.717, 1.165) is 59.0 Å². The molecular formula is C33H41F2N3O3S. The molecule has 1 heterocycles. The van der Waals surface area contributed by atoms with Crippen molar-refractivity contribution in [1.82, 2.24) is 9.62 Å². The summed E-state index contributed by atoms with van der Waals surface area (Å²) in [6.07, 6.45) is 7.93. The van der Waals surface area contributed by atoms with E-state index in [4.69, 9.17) is 15.2 Å². The molecule has 1 unspecified atom stereocenters. The molecule has 6 nitrogen and oxygen atoms in total. The molecule has 3 N–H and O–H groups in total. The fraction of sp³-hybridized carbons (Fsp3) is 0.485. The van der Waals surface area contributed by atoms with E-state index in [0.29, 0.717) is 38.3 Å². The van der Waals surface area contributed by atoms with Gasteiger partial charge in [0, 0.05) is 29.6 Å². The first-order valence-electron chi connectivity index (χ1n) is 15.1. The Morgan fingerprint density at radius 2 is 1.67 bits per heavy atom. The Morgan fingerprint density at radius 1 is 1.00 bits per heavy atom. The lowest BCUT2D eigenvalue weighted by molar-refractivity contribution is -0.145. The molecule has 0 aromatic heterocycles. The fourth-order valence-electron chi connectivity index (χ4n) is 5.52. The molecule has 1 aliphatic heterocycles. The minimum Gasteiger partial charge on any atom is -0.494 e. The van der Waals surface area contributed by atoms with Crippen molar-refractivity contribution in [3.05, 3.63) is 66.2 Å². The van der Waals surface area contributed by atoms with Crippen molar-refractivity contribution >= 4 is 28.6 Å². The number of likely N-dealkylation sites (tertiary alicyclic amines) is 1. The van der Waals surface area contributed by atoms with Gasteiger partial charge in [0.25, 0.3) is 5.92 Å². The lowest BCUT2D eigenvalue weighted by atomic mass is 9.98. The van der Waals surface area contributed by atoms with Crippen LogP contribution in [0.1, 0.15) is 63.9 Å². The van der Waals surface area contributed by atoms with E-state index in [9.17, 15) is 4.79 Å². The summed E-state index contributed by atoms with van der Waals surface area (Å²) in [5, 5.41) is 1.98. The molecule has 1 saturated carbocycles. The van der Waals surface area contributed by atoms with E-state index in [1.807, 2.05) is 36.4 Å². The van der Waals surface area contributed by atoms with E-state index in [1.165, 1.54) is 29.9 Å². The predicted molar refractivity (Wildman–Crippen MR) is 164 cm³/mol. The van der Waals surface area contributed by atoms with Crippen LogP contribution in [0, 0.1) is 0 Å². The Kier molecular flexibility index (Phi) is 10.2. The van der Waals surface area contributed by atoms with Crippen LogP contribution >= 0.6 is 11.9 Å². The number of nitrogens with zero attached hydrogens (tertiary/aromatic N) is 1. The number of rotatable bonds is 12. The third-order valence-corrected chi connectivity index (χ3v) is 8.99. The van der Waals surface area contributed by atoms with Gasteiger partial charge in [-0.05, 0) is 116 Å². The minimum atomic E-state index is -3.46. The van der Waals surface area contributed by atoms with Gasteiger partial charge in [0.2, 0.25) is 5.91 Å². The Labute approximate surface area is 251 Å². The summed E-state index contributed by atoms with van der Waals surface area (Å²) in [7, 11) is 0. The van der Waals surface area contributed by atoms with Crippen LogP contribution in [0.3, 0.4) is 0 Å². The molecule has 1 amide bonds. The van der Waals surface area contributed by atoms with E-state index in [-0.39, 0.29) is 17.7 Å². The summed E-state index contributed by atoms with van der Waals surface area (Å²) in [5.74, 6) is -2.71. The van der Waals surface area contributed by atoms with E-state index in [1.54, 1.807) is 12.1 Å². The molecule has 1 aliphatic carbocycles. The van der Waals surface area contributed by atoms with Crippen LogP contribution in [-0.4, -0.2) is 48.7 Å². The van der Waals surface area contributed by atoms with Crippen molar-refractivity contribution in [3.8, 4) is 11.5 Å². The SMILES string of the molecule is CCCCOc1ccc(C(F)(F)C(NSc2ccc3cc(OC4CCCC4)ccc3c2)C(=O)N2CCC(N)CC2)cc1. The molecule has 5 rings (SSSR count). The lowest BCUT2D eigenvalue weighted by Gasteiger charge is -2.35. The number of nitrogens with two attached hydrogens (primary N) is 1. The van der Waals surface area contributed by atoms with Gasteiger partial charge in [-0.2, -0.15) is 8.78 Å². The molecule has 0 spiro atoms. The van der Waals surface area contributed by atoms with E-state index >= 15 is 8.78 Å². The van der Waals surface area contributed by atoms with Crippen molar-refractivity contribution in [2.45, 2.75) is 87.3 Å². The number of unbranched alkanes of at least 4 members (excludes halogenated alkanes) is 1. The molecular weight excluding hydrogens is 556 g/mol. The number of halogens is 2. The standard InChI is InChI=1S/C33H41F2N3O3S/c1-2-3-20-40-27-13-10-25(11-14-27)33(34,35)31(32(39)38-18-16-26(36)17-19-38)37-42-30-15-9-23-21-29(12-8-24(23)22-30)41-28-6-4-5-7-28/h8-15,21-22,26,28,31,37H,2-7,16-20,36H2,1H3. The summed E-state index contributed by atoms with van der Waals surface area (Å²) < 4.78 is 46.8. The summed E-state index contributed by atoms with van der Waals surface area (Å²) in [6.45, 7) is 3.32. The van der Waals surface area contributed by atoms with Crippen LogP contribution in [0.4, 0.5) is 8.78 Å². The molecule has 0 radical (unpaired) electrons. The fourth-order valence-corrected chi connectivity index (χ4v) is 6.35. The maximum Gasteiger partial charge on any atom is 0.298 e. The van der Waals surface area contributed by atoms with Gasteiger partial charge in [-0.15, -0.1) is 0 Å². The first-order valence-corrected chi connectivity index (χ1v) is 15.9. The maximum absolute atomic E-state index is 16.1. The van der Waals surface area contributed by atoms with Crippen molar-refractivity contribution in [3.63, 3.8) is 0 Å². The monoisotopic (exact) mass is 597 g/mol.